The summed E-state index contributed by atoms with van der Waals surface area (Å²) in [5.74, 6) is -3.35. The lowest BCUT2D eigenvalue weighted by molar-refractivity contribution is -0.144. The van der Waals surface area contributed by atoms with Crippen molar-refractivity contribution in [3.05, 3.63) is 129 Å². The molecule has 4 aromatic carbocycles. The minimum absolute atomic E-state index is 0. The van der Waals surface area contributed by atoms with Gasteiger partial charge in [-0.25, -0.2) is 37.8 Å². The Morgan fingerprint density at radius 1 is 0.662 bits per heavy atom. The highest BCUT2D eigenvalue weighted by Gasteiger charge is 2.60. The summed E-state index contributed by atoms with van der Waals surface area (Å²) >= 11 is 0. The normalized spacial score (nSPS) is 23.4. The van der Waals surface area contributed by atoms with Gasteiger partial charge in [-0.1, -0.05) is 39.1 Å². The van der Waals surface area contributed by atoms with Gasteiger partial charge in [0.25, 0.3) is 11.8 Å². The molecule has 19 nitrogen and oxygen atoms in total. The molecule has 0 radical (unpaired) electrons. The molecule has 0 aromatic heterocycles. The predicted molar refractivity (Wildman–Crippen MR) is 282 cm³/mol. The van der Waals surface area contributed by atoms with Crippen LogP contribution >= 0.6 is 0 Å². The number of benzene rings is 4. The molecular formula is C56H68F2N8O11. The zero-order valence-corrected chi connectivity index (χ0v) is 42.4. The number of aryl methyl sites for hydroxylation is 4. The van der Waals surface area contributed by atoms with E-state index in [2.05, 4.69) is 33.5 Å². The fourth-order valence-electron chi connectivity index (χ4n) is 11.1. The van der Waals surface area contributed by atoms with Gasteiger partial charge in [-0.15, -0.1) is 0 Å². The molecule has 4 unspecified atom stereocenters. The second kappa shape index (κ2) is 23.5. The maximum Gasteiger partial charge on any atom is 0.418 e. The number of fused-ring (bicyclic) bond motifs is 4. The van der Waals surface area contributed by atoms with Crippen molar-refractivity contribution in [2.75, 3.05) is 37.8 Å². The number of carboxylic acid groups (broad SMARTS) is 1. The van der Waals surface area contributed by atoms with Crippen LogP contribution in [0.5, 0.6) is 0 Å². The lowest BCUT2D eigenvalue weighted by atomic mass is 9.94. The van der Waals surface area contributed by atoms with Crippen molar-refractivity contribution in [1.82, 2.24) is 30.7 Å². The second-order valence-corrected chi connectivity index (χ2v) is 19.7. The molecule has 9 amide bonds. The SMILES string of the molecule is C.C.CNC(=O)Nc1ccc2c(c1)CC[C@@]21OC(=O)N(CC(=O)N2C(C)CCC2c2ccc(F)cc2C)C1=O.CNC(=O)Nc1ccc2c(c1)CC[C@@]21OC(=O)N(CC(=O)O)C1=O.Cc1cc(F)ccc1C1CCC(C)N1. The van der Waals surface area contributed by atoms with Gasteiger partial charge in [0.15, 0.2) is 0 Å². The maximum atomic E-state index is 13.7. The minimum Gasteiger partial charge on any atom is -0.480 e. The van der Waals surface area contributed by atoms with Gasteiger partial charge in [-0.2, -0.15) is 0 Å². The molecule has 21 heteroatoms. The van der Waals surface area contributed by atoms with Gasteiger partial charge in [0.05, 0.1) is 6.04 Å². The van der Waals surface area contributed by atoms with E-state index in [1.807, 2.05) is 26.8 Å². The van der Waals surface area contributed by atoms with Crippen LogP contribution < -0.4 is 26.6 Å². The molecule has 4 heterocycles. The smallest absolute Gasteiger partial charge is 0.418 e. The quantitative estimate of drug-likeness (QED) is 0.0971. The number of nitrogens with zero attached hydrogens (tertiary/aromatic N) is 3. The van der Waals surface area contributed by atoms with E-state index >= 15 is 0 Å². The van der Waals surface area contributed by atoms with Crippen LogP contribution in [0, 0.1) is 25.5 Å². The van der Waals surface area contributed by atoms with Crippen molar-refractivity contribution in [3.63, 3.8) is 0 Å². The number of carboxylic acids is 1. The summed E-state index contributed by atoms with van der Waals surface area (Å²) in [4.78, 5) is 101. The number of carbonyl (C=O) groups is 8. The first kappa shape index (κ1) is 58.3. The first-order chi connectivity index (χ1) is 35.7. The molecule has 4 aromatic rings. The number of hydrogen-bond donors (Lipinski definition) is 6. The third-order valence-electron chi connectivity index (χ3n) is 14.8. The summed E-state index contributed by atoms with van der Waals surface area (Å²) in [6.45, 7) is 6.75. The fourth-order valence-corrected chi connectivity index (χ4v) is 11.1. The van der Waals surface area contributed by atoms with Crippen molar-refractivity contribution < 1.29 is 61.7 Å². The average Bonchev–Trinajstić information content (AvgIpc) is 4.22. The summed E-state index contributed by atoms with van der Waals surface area (Å²) < 4.78 is 37.5. The highest BCUT2D eigenvalue weighted by Crippen LogP contribution is 2.48. The van der Waals surface area contributed by atoms with Crippen LogP contribution in [-0.4, -0.2) is 107 Å². The Hall–Kier alpha value is -7.94. The molecule has 2 spiro atoms. The molecule has 4 fully saturated rings. The summed E-state index contributed by atoms with van der Waals surface area (Å²) in [5, 5.41) is 22.6. The van der Waals surface area contributed by atoms with E-state index in [9.17, 15) is 47.1 Å². The van der Waals surface area contributed by atoms with Crippen LogP contribution in [0.25, 0.3) is 0 Å². The summed E-state index contributed by atoms with van der Waals surface area (Å²) in [6, 6.07) is 19.5. The van der Waals surface area contributed by atoms with Crippen molar-refractivity contribution >= 4 is 59.3 Å². The number of ether oxygens (including phenoxy) is 2. The molecule has 6 N–H and O–H groups in total. The third kappa shape index (κ3) is 11.6. The summed E-state index contributed by atoms with van der Waals surface area (Å²) in [7, 11) is 3.00. The van der Waals surface area contributed by atoms with Crippen LogP contribution in [0.15, 0.2) is 72.8 Å². The number of nitrogens with one attached hydrogen (secondary N) is 5. The van der Waals surface area contributed by atoms with E-state index in [0.29, 0.717) is 58.7 Å². The van der Waals surface area contributed by atoms with Crippen molar-refractivity contribution in [3.8, 4) is 0 Å². The summed E-state index contributed by atoms with van der Waals surface area (Å²) in [5.41, 5.74) is 4.73. The second-order valence-electron chi connectivity index (χ2n) is 19.7. The molecule has 0 bridgehead atoms. The predicted octanol–water partition coefficient (Wildman–Crippen LogP) is 8.62. The number of amides is 9. The van der Waals surface area contributed by atoms with Gasteiger partial charge in [-0.05, 0) is 148 Å². The van der Waals surface area contributed by atoms with Crippen LogP contribution in [0.2, 0.25) is 0 Å². The number of hydrogen-bond acceptors (Lipinski definition) is 11. The van der Waals surface area contributed by atoms with Crippen LogP contribution in [0.1, 0.15) is 124 Å². The molecule has 2 aliphatic carbocycles. The molecule has 6 atom stereocenters. The molecule has 4 aliphatic heterocycles. The highest BCUT2D eigenvalue weighted by molar-refractivity contribution is 6.07. The monoisotopic (exact) mass is 1070 g/mol. The van der Waals surface area contributed by atoms with E-state index < -0.39 is 54.3 Å². The van der Waals surface area contributed by atoms with Crippen molar-refractivity contribution in [1.29, 1.82) is 0 Å². The number of imide groups is 2. The van der Waals surface area contributed by atoms with Gasteiger partial charge >= 0.3 is 30.2 Å². The van der Waals surface area contributed by atoms with Crippen molar-refractivity contribution in [2.24, 2.45) is 0 Å². The Balaban J connectivity index is 0.000000205. The van der Waals surface area contributed by atoms with Crippen LogP contribution in [0.3, 0.4) is 0 Å². The topological polar surface area (TPSA) is 245 Å². The molecule has 77 heavy (non-hydrogen) atoms. The molecule has 412 valence electrons. The Morgan fingerprint density at radius 3 is 1.58 bits per heavy atom. The fraction of sp³-hybridized carbons (Fsp3) is 0.429. The summed E-state index contributed by atoms with van der Waals surface area (Å²) in [6.07, 6.45) is 3.49. The third-order valence-corrected chi connectivity index (χ3v) is 14.8. The number of urea groups is 2. The zero-order chi connectivity index (χ0) is 54.1. The van der Waals surface area contributed by atoms with E-state index in [0.717, 1.165) is 45.6 Å². The molecule has 0 saturated carbocycles. The van der Waals surface area contributed by atoms with Gasteiger partial charge < -0.3 is 46.1 Å². The first-order valence-electron chi connectivity index (χ1n) is 24.8. The molecule has 10 rings (SSSR count). The van der Waals surface area contributed by atoms with E-state index in [1.54, 1.807) is 59.5 Å². The molecule has 6 aliphatic rings. The molecular weight excluding hydrogens is 999 g/mol. The van der Waals surface area contributed by atoms with Crippen molar-refractivity contribution in [2.45, 2.75) is 129 Å². The number of aliphatic carboxylic acids is 1. The first-order valence-corrected chi connectivity index (χ1v) is 24.8. The van der Waals surface area contributed by atoms with E-state index in [-0.39, 0.29) is 69.4 Å². The average molecular weight is 1070 g/mol. The number of anilines is 2. The zero-order valence-electron chi connectivity index (χ0n) is 42.4. The Bertz CT molecular complexity index is 2990. The van der Waals surface area contributed by atoms with Crippen LogP contribution in [0.4, 0.5) is 39.3 Å². The minimum atomic E-state index is -1.47. The number of likely N-dealkylation sites (tertiary alicyclic amines) is 1. The number of halogens is 2. The lowest BCUT2D eigenvalue weighted by Crippen LogP contribution is -2.46. The number of rotatable bonds is 8. The Morgan fingerprint density at radius 2 is 1.14 bits per heavy atom. The largest absolute Gasteiger partial charge is 0.480 e. The maximum absolute atomic E-state index is 13.7. The highest BCUT2D eigenvalue weighted by atomic mass is 19.1. The van der Waals surface area contributed by atoms with Crippen LogP contribution in [-0.2, 0) is 52.7 Å². The van der Waals surface area contributed by atoms with Gasteiger partial charge in [0, 0.05) is 67.6 Å². The van der Waals surface area contributed by atoms with Gasteiger partial charge in [-0.3, -0.25) is 19.2 Å². The van der Waals surface area contributed by atoms with E-state index in [4.69, 9.17) is 14.6 Å². The van der Waals surface area contributed by atoms with Gasteiger partial charge in [0.1, 0.15) is 24.7 Å². The Kier molecular flexibility index (Phi) is 17.8. The number of carbonyl (C=O) groups excluding carboxylic acids is 7. The Labute approximate surface area is 446 Å². The van der Waals surface area contributed by atoms with Gasteiger partial charge in [0.2, 0.25) is 17.1 Å². The van der Waals surface area contributed by atoms with E-state index in [1.165, 1.54) is 38.2 Å². The lowest BCUT2D eigenvalue weighted by Gasteiger charge is -2.31. The standard InChI is InChI=1S/C27H29FN4O5.C15H15N3O6.C12H16FN.2CH4/c1-15-12-18(28)5-7-20(15)22-9-4-16(2)32(22)23(33)14-31-24(34)27(37-26(31)36)11-10-17-13-19(6-8-21(17)27)30-25(35)29-3;1-16-13(22)17-9-2-3-10-8(6-9)4-5-15(10)12(21)18(7-11(19)20)14(23)24-15;1-8-7-10(13)4-5-11(8)12-6-3-9(2)14-12;;/h5-8,12-13,16,22H,4,9-11,14H2,1-3H3,(H2,29,30,35);2-3,6H,4-5,7H2,1H3,(H,19,20)(H2,16,17,22);4-5,7,9,12,14H,3,6H2,1-2H3;2*1H4/t16?,22?,27-;15-;;;/m11.../s1. The molecule has 4 saturated heterocycles.